The first-order chi connectivity index (χ1) is 12.7. The number of anilines is 1. The van der Waals surface area contributed by atoms with Crippen molar-refractivity contribution in [2.45, 2.75) is 31.8 Å². The van der Waals surface area contributed by atoms with Gasteiger partial charge in [0.05, 0.1) is 6.04 Å². The van der Waals surface area contributed by atoms with Crippen LogP contribution in [0.4, 0.5) is 5.69 Å². The summed E-state index contributed by atoms with van der Waals surface area (Å²) in [4.78, 5) is 18.6. The summed E-state index contributed by atoms with van der Waals surface area (Å²) in [5, 5.41) is 5.42. The second-order valence-corrected chi connectivity index (χ2v) is 8.37. The Morgan fingerprint density at radius 2 is 1.81 bits per heavy atom. The van der Waals surface area contributed by atoms with Gasteiger partial charge >= 0.3 is 0 Å². The van der Waals surface area contributed by atoms with Gasteiger partial charge in [0.1, 0.15) is 0 Å². The van der Waals surface area contributed by atoms with Gasteiger partial charge in [0.15, 0.2) is 0 Å². The molecular formula is C21H27N3OS. The van der Waals surface area contributed by atoms with Crippen LogP contribution in [0.5, 0.6) is 0 Å². The van der Waals surface area contributed by atoms with E-state index >= 15 is 0 Å². The number of hydrogen-bond donors (Lipinski definition) is 1. The summed E-state index contributed by atoms with van der Waals surface area (Å²) < 4.78 is 0. The number of hydrogen-bond acceptors (Lipinski definition) is 4. The molecule has 1 aromatic heterocycles. The zero-order chi connectivity index (χ0) is 17.9. The van der Waals surface area contributed by atoms with E-state index in [0.29, 0.717) is 0 Å². The fourth-order valence-corrected chi connectivity index (χ4v) is 4.83. The molecule has 1 aliphatic carbocycles. The Morgan fingerprint density at radius 3 is 2.42 bits per heavy atom. The lowest BCUT2D eigenvalue weighted by Crippen LogP contribution is -2.52. The summed E-state index contributed by atoms with van der Waals surface area (Å²) in [7, 11) is 0. The van der Waals surface area contributed by atoms with Crippen molar-refractivity contribution in [3.63, 3.8) is 0 Å². The Morgan fingerprint density at radius 1 is 1.08 bits per heavy atom. The van der Waals surface area contributed by atoms with E-state index in [1.165, 1.54) is 10.6 Å². The quantitative estimate of drug-likeness (QED) is 0.846. The van der Waals surface area contributed by atoms with Gasteiger partial charge in [-0.3, -0.25) is 9.69 Å². The Balaban J connectivity index is 1.44. The molecule has 0 spiro atoms. The van der Waals surface area contributed by atoms with Crippen LogP contribution in [0.3, 0.4) is 0 Å². The van der Waals surface area contributed by atoms with Crippen molar-refractivity contribution in [3.8, 4) is 0 Å². The fraction of sp³-hybridized carbons (Fsp3) is 0.476. The molecule has 2 aliphatic rings. The van der Waals surface area contributed by atoms with Gasteiger partial charge in [-0.05, 0) is 43.3 Å². The number of amides is 1. The third-order valence-corrected chi connectivity index (χ3v) is 6.40. The summed E-state index contributed by atoms with van der Waals surface area (Å²) in [5.41, 5.74) is 1.30. The van der Waals surface area contributed by atoms with Crippen LogP contribution in [0.2, 0.25) is 0 Å². The van der Waals surface area contributed by atoms with Gasteiger partial charge in [-0.15, -0.1) is 11.3 Å². The van der Waals surface area contributed by atoms with Crippen LogP contribution in [0.1, 0.15) is 30.7 Å². The second kappa shape index (κ2) is 7.80. The molecule has 2 aromatic rings. The van der Waals surface area contributed by atoms with E-state index < -0.39 is 0 Å². The predicted octanol–water partition coefficient (Wildman–Crippen LogP) is 3.53. The highest BCUT2D eigenvalue weighted by Crippen LogP contribution is 2.32. The highest BCUT2D eigenvalue weighted by Gasteiger charge is 2.35. The zero-order valence-electron chi connectivity index (χ0n) is 15.3. The molecule has 0 radical (unpaired) electrons. The van der Waals surface area contributed by atoms with Crippen LogP contribution in [-0.4, -0.2) is 43.0 Å². The largest absolute Gasteiger partial charge is 0.369 e. The fourth-order valence-electron chi connectivity index (χ4n) is 3.87. The number of nitrogens with zero attached hydrogens (tertiary/aromatic N) is 2. The summed E-state index contributed by atoms with van der Waals surface area (Å²) in [6.07, 6.45) is 2.11. The topological polar surface area (TPSA) is 35.6 Å². The van der Waals surface area contributed by atoms with Gasteiger partial charge < -0.3 is 10.2 Å². The minimum atomic E-state index is 0.130. The van der Waals surface area contributed by atoms with E-state index in [4.69, 9.17) is 0 Å². The smallest absolute Gasteiger partial charge is 0.223 e. The average molecular weight is 370 g/mol. The van der Waals surface area contributed by atoms with Gasteiger partial charge in [0.25, 0.3) is 0 Å². The predicted molar refractivity (Wildman–Crippen MR) is 108 cm³/mol. The molecule has 1 aromatic carbocycles. The van der Waals surface area contributed by atoms with Crippen LogP contribution < -0.4 is 10.2 Å². The van der Waals surface area contributed by atoms with Crippen LogP contribution in [0.15, 0.2) is 47.8 Å². The number of carbonyl (C=O) groups is 1. The van der Waals surface area contributed by atoms with Gasteiger partial charge in [0, 0.05) is 48.7 Å². The monoisotopic (exact) mass is 369 g/mol. The van der Waals surface area contributed by atoms with Crippen molar-refractivity contribution in [3.05, 3.63) is 52.7 Å². The van der Waals surface area contributed by atoms with Gasteiger partial charge in [-0.2, -0.15) is 0 Å². The molecule has 1 aliphatic heterocycles. The number of benzene rings is 1. The summed E-state index contributed by atoms with van der Waals surface area (Å²) in [6, 6.07) is 15.4. The van der Waals surface area contributed by atoms with Crippen LogP contribution in [0.25, 0.3) is 0 Å². The highest BCUT2D eigenvalue weighted by atomic mass is 32.1. The van der Waals surface area contributed by atoms with Crippen LogP contribution >= 0.6 is 11.3 Å². The Hall–Kier alpha value is -1.85. The standard InChI is InChI=1S/C21H27N3OS/c1-16(22-21(25)17-9-10-17)20(19-8-5-15-26-19)24-13-11-23(12-14-24)18-6-3-2-4-7-18/h2-8,15-17,20H,9-14H2,1H3,(H,22,25)/t16-,20-/m1/s1. The number of nitrogens with one attached hydrogen (secondary N) is 1. The molecule has 1 saturated heterocycles. The number of piperazine rings is 1. The SMILES string of the molecule is C[C@@H](NC(=O)C1CC1)[C@H](c1cccs1)N1CCN(c2ccccc2)CC1. The second-order valence-electron chi connectivity index (χ2n) is 7.39. The summed E-state index contributed by atoms with van der Waals surface area (Å²) in [5.74, 6) is 0.498. The maximum absolute atomic E-state index is 12.3. The molecule has 1 amide bonds. The third kappa shape index (κ3) is 3.94. The highest BCUT2D eigenvalue weighted by molar-refractivity contribution is 7.10. The van der Waals surface area contributed by atoms with E-state index in [1.54, 1.807) is 11.3 Å². The van der Waals surface area contributed by atoms with Gasteiger partial charge in [-0.1, -0.05) is 24.3 Å². The van der Waals surface area contributed by atoms with E-state index in [2.05, 4.69) is 69.9 Å². The van der Waals surface area contributed by atoms with Gasteiger partial charge in [-0.25, -0.2) is 0 Å². The van der Waals surface area contributed by atoms with Crippen molar-refractivity contribution in [1.29, 1.82) is 0 Å². The first-order valence-corrected chi connectivity index (χ1v) is 10.5. The van der Waals surface area contributed by atoms with Crippen molar-refractivity contribution in [2.75, 3.05) is 31.1 Å². The molecule has 5 heteroatoms. The first kappa shape index (κ1) is 17.6. The molecule has 2 heterocycles. The minimum Gasteiger partial charge on any atom is -0.369 e. The molecule has 138 valence electrons. The van der Waals surface area contributed by atoms with Gasteiger partial charge in [0.2, 0.25) is 5.91 Å². The van der Waals surface area contributed by atoms with E-state index in [1.807, 2.05) is 0 Å². The van der Waals surface area contributed by atoms with E-state index in [9.17, 15) is 4.79 Å². The van der Waals surface area contributed by atoms with Crippen LogP contribution in [-0.2, 0) is 4.79 Å². The third-order valence-electron chi connectivity index (χ3n) is 5.46. The first-order valence-electron chi connectivity index (χ1n) is 9.60. The Bertz CT molecular complexity index is 706. The Kier molecular flexibility index (Phi) is 5.27. The molecule has 1 N–H and O–H groups in total. The lowest BCUT2D eigenvalue weighted by molar-refractivity contribution is -0.123. The lowest BCUT2D eigenvalue weighted by atomic mass is 10.0. The number of para-hydroxylation sites is 1. The maximum atomic E-state index is 12.3. The normalized spacial score (nSPS) is 20.6. The molecule has 0 bridgehead atoms. The number of rotatable bonds is 6. The Labute approximate surface area is 159 Å². The maximum Gasteiger partial charge on any atom is 0.223 e. The lowest BCUT2D eigenvalue weighted by Gasteiger charge is -2.42. The molecule has 1 saturated carbocycles. The molecular weight excluding hydrogens is 342 g/mol. The molecule has 0 unspecified atom stereocenters. The van der Waals surface area contributed by atoms with Crippen molar-refractivity contribution < 1.29 is 4.79 Å². The molecule has 4 rings (SSSR count). The minimum absolute atomic E-state index is 0.130. The van der Waals surface area contributed by atoms with Crippen molar-refractivity contribution in [1.82, 2.24) is 10.2 Å². The molecule has 26 heavy (non-hydrogen) atoms. The van der Waals surface area contributed by atoms with Crippen molar-refractivity contribution >= 4 is 22.9 Å². The molecule has 2 atom stereocenters. The van der Waals surface area contributed by atoms with E-state index in [0.717, 1.165) is 39.0 Å². The van der Waals surface area contributed by atoms with Crippen molar-refractivity contribution in [2.24, 2.45) is 5.92 Å². The van der Waals surface area contributed by atoms with E-state index in [-0.39, 0.29) is 23.9 Å². The summed E-state index contributed by atoms with van der Waals surface area (Å²) >= 11 is 1.79. The van der Waals surface area contributed by atoms with Crippen LogP contribution in [0, 0.1) is 5.92 Å². The number of thiophene rings is 1. The molecule has 2 fully saturated rings. The zero-order valence-corrected chi connectivity index (χ0v) is 16.1. The average Bonchev–Trinajstić information content (AvgIpc) is 3.40. The molecule has 4 nitrogen and oxygen atoms in total. The number of carbonyl (C=O) groups excluding carboxylic acids is 1. The summed E-state index contributed by atoms with van der Waals surface area (Å²) in [6.45, 7) is 6.24.